The van der Waals surface area contributed by atoms with E-state index in [9.17, 15) is 8.42 Å². The van der Waals surface area contributed by atoms with Crippen molar-refractivity contribution in [1.29, 1.82) is 0 Å². The first kappa shape index (κ1) is 25.6. The predicted molar refractivity (Wildman–Crippen MR) is 153 cm³/mol. The molecular weight excluding hydrogens is 512 g/mol. The van der Waals surface area contributed by atoms with Gasteiger partial charge in [0.15, 0.2) is 9.84 Å². The van der Waals surface area contributed by atoms with E-state index in [1.807, 2.05) is 18.2 Å². The summed E-state index contributed by atoms with van der Waals surface area (Å²) < 4.78 is 36.1. The standard InChI is InChI=1S/C30H32N4O4S/c1-18-15-25-22(19-11-13-31-14-12-19)9-10-26(29(25)38-18)33-30-32-17-20-5-4-6-24(28(20)34-30)23-8-7-21(39(3,35)36)16-27(23)37-2/h4-10,16-19,31H,11-15H2,1-3H3,(H,32,33,34). The molecule has 3 heterocycles. The highest BCUT2D eigenvalue weighted by Crippen LogP contribution is 2.43. The Labute approximate surface area is 228 Å². The molecule has 1 saturated heterocycles. The molecule has 1 fully saturated rings. The van der Waals surface area contributed by atoms with Gasteiger partial charge in [-0.2, -0.15) is 0 Å². The average molecular weight is 545 g/mol. The molecule has 4 aromatic rings. The van der Waals surface area contributed by atoms with E-state index < -0.39 is 9.84 Å². The van der Waals surface area contributed by atoms with E-state index in [0.29, 0.717) is 17.6 Å². The monoisotopic (exact) mass is 544 g/mol. The van der Waals surface area contributed by atoms with Crippen LogP contribution in [0.15, 0.2) is 59.6 Å². The van der Waals surface area contributed by atoms with Gasteiger partial charge in [0.1, 0.15) is 17.6 Å². The van der Waals surface area contributed by atoms with Crippen molar-refractivity contribution in [2.45, 2.75) is 43.1 Å². The molecule has 8 nitrogen and oxygen atoms in total. The number of hydrogen-bond donors (Lipinski definition) is 2. The Balaban J connectivity index is 1.39. The molecule has 0 saturated carbocycles. The quantitative estimate of drug-likeness (QED) is 0.340. The molecule has 0 radical (unpaired) electrons. The third-order valence-electron chi connectivity index (χ3n) is 7.63. The van der Waals surface area contributed by atoms with Crippen LogP contribution in [-0.4, -0.2) is 50.9 Å². The third kappa shape index (κ3) is 4.92. The molecule has 1 atom stereocenters. The lowest BCUT2D eigenvalue weighted by Crippen LogP contribution is -2.27. The molecule has 1 aromatic heterocycles. The van der Waals surface area contributed by atoms with Crippen LogP contribution in [0.3, 0.4) is 0 Å². The lowest BCUT2D eigenvalue weighted by molar-refractivity contribution is 0.256. The topological polar surface area (TPSA) is 102 Å². The van der Waals surface area contributed by atoms with Gasteiger partial charge in [-0.1, -0.05) is 24.3 Å². The Morgan fingerprint density at radius 1 is 1.08 bits per heavy atom. The molecular formula is C30H32N4O4S. The number of benzene rings is 3. The molecule has 3 aromatic carbocycles. The maximum absolute atomic E-state index is 12.1. The normalized spacial score (nSPS) is 17.6. The number of para-hydroxylation sites is 1. The summed E-state index contributed by atoms with van der Waals surface area (Å²) in [5.41, 5.74) is 5.86. The molecule has 0 bridgehead atoms. The van der Waals surface area contributed by atoms with E-state index in [2.05, 4.69) is 34.7 Å². The Bertz CT molecular complexity index is 1670. The largest absolute Gasteiger partial charge is 0.496 e. The summed E-state index contributed by atoms with van der Waals surface area (Å²) in [4.78, 5) is 9.68. The van der Waals surface area contributed by atoms with Crippen molar-refractivity contribution in [3.05, 3.63) is 65.9 Å². The van der Waals surface area contributed by atoms with Crippen LogP contribution in [0.25, 0.3) is 22.0 Å². The summed E-state index contributed by atoms with van der Waals surface area (Å²) in [5, 5.41) is 7.74. The first-order valence-corrected chi connectivity index (χ1v) is 15.2. The van der Waals surface area contributed by atoms with Gasteiger partial charge < -0.3 is 20.1 Å². The second-order valence-electron chi connectivity index (χ2n) is 10.4. The number of aromatic nitrogens is 2. The Hall–Kier alpha value is -3.69. The maximum Gasteiger partial charge on any atom is 0.227 e. The molecule has 6 rings (SSSR count). The van der Waals surface area contributed by atoms with Crippen LogP contribution >= 0.6 is 0 Å². The van der Waals surface area contributed by atoms with Crippen molar-refractivity contribution in [3.8, 4) is 22.6 Å². The fraction of sp³-hybridized carbons (Fsp3) is 0.333. The van der Waals surface area contributed by atoms with Crippen molar-refractivity contribution < 1.29 is 17.9 Å². The molecule has 1 unspecified atom stereocenters. The van der Waals surface area contributed by atoms with Gasteiger partial charge in [-0.3, -0.25) is 0 Å². The molecule has 9 heteroatoms. The first-order valence-electron chi connectivity index (χ1n) is 13.3. The summed E-state index contributed by atoms with van der Waals surface area (Å²) >= 11 is 0. The number of fused-ring (bicyclic) bond motifs is 2. The minimum atomic E-state index is -3.37. The van der Waals surface area contributed by atoms with Gasteiger partial charge in [0, 0.05) is 41.0 Å². The number of nitrogens with zero attached hydrogens (tertiary/aromatic N) is 2. The number of sulfone groups is 1. The fourth-order valence-corrected chi connectivity index (χ4v) is 6.35. The van der Waals surface area contributed by atoms with Crippen molar-refractivity contribution in [2.75, 3.05) is 31.8 Å². The first-order chi connectivity index (χ1) is 18.8. The van der Waals surface area contributed by atoms with Crippen molar-refractivity contribution >= 4 is 32.4 Å². The third-order valence-corrected chi connectivity index (χ3v) is 8.75. The van der Waals surface area contributed by atoms with Crippen molar-refractivity contribution in [3.63, 3.8) is 0 Å². The molecule has 2 N–H and O–H groups in total. The number of rotatable bonds is 6. The molecule has 0 aliphatic carbocycles. The van der Waals surface area contributed by atoms with E-state index in [1.165, 1.54) is 24.5 Å². The van der Waals surface area contributed by atoms with E-state index in [1.54, 1.807) is 24.4 Å². The van der Waals surface area contributed by atoms with Crippen LogP contribution < -0.4 is 20.1 Å². The van der Waals surface area contributed by atoms with Gasteiger partial charge in [0.05, 0.1) is 23.2 Å². The number of hydrogen-bond acceptors (Lipinski definition) is 8. The summed E-state index contributed by atoms with van der Waals surface area (Å²) in [5.74, 6) is 2.37. The minimum Gasteiger partial charge on any atom is -0.496 e. The molecule has 0 spiro atoms. The second-order valence-corrected chi connectivity index (χ2v) is 12.4. The summed E-state index contributed by atoms with van der Waals surface area (Å²) in [7, 11) is -1.83. The molecule has 39 heavy (non-hydrogen) atoms. The van der Waals surface area contributed by atoms with E-state index in [0.717, 1.165) is 65.8 Å². The smallest absolute Gasteiger partial charge is 0.227 e. The van der Waals surface area contributed by atoms with E-state index in [4.69, 9.17) is 14.5 Å². The highest BCUT2D eigenvalue weighted by atomic mass is 32.2. The van der Waals surface area contributed by atoms with Crippen LogP contribution in [0.4, 0.5) is 11.6 Å². The molecule has 2 aliphatic heterocycles. The summed E-state index contributed by atoms with van der Waals surface area (Å²) in [6, 6.07) is 15.1. The Kier molecular flexibility index (Phi) is 6.64. The van der Waals surface area contributed by atoms with Gasteiger partial charge in [0.2, 0.25) is 5.95 Å². The fourth-order valence-electron chi connectivity index (χ4n) is 5.71. The van der Waals surface area contributed by atoms with Crippen LogP contribution in [0.2, 0.25) is 0 Å². The van der Waals surface area contributed by atoms with Crippen LogP contribution in [0.1, 0.15) is 36.8 Å². The summed E-state index contributed by atoms with van der Waals surface area (Å²) in [6.45, 7) is 4.20. The zero-order valence-electron chi connectivity index (χ0n) is 22.3. The molecule has 202 valence electrons. The Morgan fingerprint density at radius 3 is 2.67 bits per heavy atom. The van der Waals surface area contributed by atoms with Crippen LogP contribution in [0, 0.1) is 0 Å². The van der Waals surface area contributed by atoms with Gasteiger partial charge in [-0.05, 0) is 68.6 Å². The number of ether oxygens (including phenoxy) is 2. The maximum atomic E-state index is 12.1. The lowest BCUT2D eigenvalue weighted by Gasteiger charge is -2.25. The van der Waals surface area contributed by atoms with Crippen molar-refractivity contribution in [1.82, 2.24) is 15.3 Å². The van der Waals surface area contributed by atoms with E-state index in [-0.39, 0.29) is 11.0 Å². The second kappa shape index (κ2) is 10.1. The van der Waals surface area contributed by atoms with E-state index >= 15 is 0 Å². The van der Waals surface area contributed by atoms with Crippen molar-refractivity contribution in [2.24, 2.45) is 0 Å². The number of methoxy groups -OCH3 is 1. The van der Waals surface area contributed by atoms with Crippen LogP contribution in [-0.2, 0) is 16.3 Å². The highest BCUT2D eigenvalue weighted by molar-refractivity contribution is 7.90. The summed E-state index contributed by atoms with van der Waals surface area (Å²) in [6.07, 6.45) is 6.27. The van der Waals surface area contributed by atoms with Crippen LogP contribution in [0.5, 0.6) is 11.5 Å². The average Bonchev–Trinajstić information content (AvgIpc) is 3.34. The molecule has 0 amide bonds. The highest BCUT2D eigenvalue weighted by Gasteiger charge is 2.29. The number of anilines is 2. The van der Waals surface area contributed by atoms with Gasteiger partial charge in [0.25, 0.3) is 0 Å². The number of piperidine rings is 1. The Morgan fingerprint density at radius 2 is 1.90 bits per heavy atom. The lowest BCUT2D eigenvalue weighted by atomic mass is 9.85. The zero-order valence-corrected chi connectivity index (χ0v) is 23.1. The SMILES string of the molecule is COc1cc(S(C)(=O)=O)ccc1-c1cccc2cnc(Nc3ccc(C4CCNCC4)c4c3OC(C)C4)nc12. The zero-order chi connectivity index (χ0) is 27.1. The number of nitrogens with one attached hydrogen (secondary N) is 2. The van der Waals surface area contributed by atoms with Gasteiger partial charge >= 0.3 is 0 Å². The minimum absolute atomic E-state index is 0.120. The molecule has 2 aliphatic rings. The van der Waals surface area contributed by atoms with Gasteiger partial charge in [-0.15, -0.1) is 0 Å². The van der Waals surface area contributed by atoms with Gasteiger partial charge in [-0.25, -0.2) is 18.4 Å². The predicted octanol–water partition coefficient (Wildman–Crippen LogP) is 5.24.